The van der Waals surface area contributed by atoms with E-state index in [2.05, 4.69) is 20.6 Å². The summed E-state index contributed by atoms with van der Waals surface area (Å²) < 4.78 is 3.04. The maximum atomic E-state index is 12.1. The van der Waals surface area contributed by atoms with E-state index in [1.807, 2.05) is 6.92 Å². The van der Waals surface area contributed by atoms with Crippen LogP contribution in [0.15, 0.2) is 36.5 Å². The molecular formula is C21H19ClN6O4. The number of anilines is 1. The highest BCUT2D eigenvalue weighted by Gasteiger charge is 2.30. The molecule has 3 aromatic heterocycles. The van der Waals surface area contributed by atoms with Crippen molar-refractivity contribution in [3.63, 3.8) is 0 Å². The number of hydrogen-bond donors (Lipinski definition) is 3. The lowest BCUT2D eigenvalue weighted by Gasteiger charge is -2.22. The summed E-state index contributed by atoms with van der Waals surface area (Å²) in [7, 11) is 3.33. The topological polar surface area (TPSA) is 135 Å². The normalized spacial score (nSPS) is 12.1. The summed E-state index contributed by atoms with van der Waals surface area (Å²) in [4.78, 5) is 28.4. The van der Waals surface area contributed by atoms with E-state index in [-0.39, 0.29) is 16.8 Å². The van der Waals surface area contributed by atoms with E-state index in [4.69, 9.17) is 11.6 Å². The molecule has 164 valence electrons. The highest BCUT2D eigenvalue weighted by atomic mass is 35.5. The van der Waals surface area contributed by atoms with Crippen molar-refractivity contribution in [3.05, 3.63) is 69.5 Å². The van der Waals surface area contributed by atoms with Gasteiger partial charge in [-0.3, -0.25) is 0 Å². The van der Waals surface area contributed by atoms with Gasteiger partial charge in [-0.15, -0.1) is 5.10 Å². The fourth-order valence-electron chi connectivity index (χ4n) is 3.72. The third kappa shape index (κ3) is 3.65. The number of nitrogens with one attached hydrogen (secondary N) is 1. The number of fused-ring (bicyclic) bond motifs is 1. The van der Waals surface area contributed by atoms with Crippen molar-refractivity contribution in [2.75, 3.05) is 5.32 Å². The van der Waals surface area contributed by atoms with Crippen LogP contribution in [0.25, 0.3) is 11.2 Å². The zero-order chi connectivity index (χ0) is 23.2. The summed E-state index contributed by atoms with van der Waals surface area (Å²) in [5, 5.41) is 31.3. The van der Waals surface area contributed by atoms with Crippen LogP contribution >= 0.6 is 11.6 Å². The summed E-state index contributed by atoms with van der Waals surface area (Å²) in [6.45, 7) is 1.87. The predicted molar refractivity (Wildman–Crippen MR) is 117 cm³/mol. The first-order valence-electron chi connectivity index (χ1n) is 9.52. The maximum absolute atomic E-state index is 12.1. The van der Waals surface area contributed by atoms with Gasteiger partial charge in [-0.1, -0.05) is 28.9 Å². The molecule has 10 nitrogen and oxygen atoms in total. The van der Waals surface area contributed by atoms with Crippen LogP contribution in [-0.2, 0) is 14.1 Å². The molecule has 1 atom stereocenters. The number of aromatic nitrogens is 5. The molecule has 4 rings (SSSR count). The number of carbonyl (C=O) groups is 2. The van der Waals surface area contributed by atoms with Crippen LogP contribution in [0.3, 0.4) is 0 Å². The van der Waals surface area contributed by atoms with Gasteiger partial charge < -0.3 is 20.1 Å². The van der Waals surface area contributed by atoms with E-state index in [0.717, 1.165) is 5.56 Å². The first-order valence-corrected chi connectivity index (χ1v) is 9.90. The van der Waals surface area contributed by atoms with Crippen LogP contribution in [0.4, 0.5) is 5.82 Å². The number of rotatable bonds is 6. The number of pyridine rings is 1. The number of carboxylic acid groups (broad SMARTS) is 2. The number of nitrogens with zero attached hydrogens (tertiary/aromatic N) is 5. The average Bonchev–Trinajstić information content (AvgIpc) is 3.28. The van der Waals surface area contributed by atoms with Gasteiger partial charge in [0.1, 0.15) is 11.3 Å². The van der Waals surface area contributed by atoms with E-state index in [9.17, 15) is 19.8 Å². The molecule has 0 bridgehead atoms. The molecule has 32 heavy (non-hydrogen) atoms. The molecule has 0 aliphatic carbocycles. The number of benzene rings is 1. The fourth-order valence-corrected chi connectivity index (χ4v) is 3.84. The molecule has 0 spiro atoms. The number of halogens is 1. The Morgan fingerprint density at radius 2 is 1.81 bits per heavy atom. The molecular weight excluding hydrogens is 436 g/mol. The second kappa shape index (κ2) is 7.97. The monoisotopic (exact) mass is 454 g/mol. The van der Waals surface area contributed by atoms with Gasteiger partial charge in [0.25, 0.3) is 0 Å². The summed E-state index contributed by atoms with van der Waals surface area (Å²) in [5.74, 6) is -2.21. The Morgan fingerprint density at radius 3 is 2.44 bits per heavy atom. The van der Waals surface area contributed by atoms with Crippen molar-refractivity contribution < 1.29 is 19.8 Å². The second-order valence-electron chi connectivity index (χ2n) is 7.36. The minimum atomic E-state index is -1.34. The lowest BCUT2D eigenvalue weighted by molar-refractivity contribution is 0.0652. The van der Waals surface area contributed by atoms with Crippen LogP contribution in [0.5, 0.6) is 0 Å². The first-order chi connectivity index (χ1) is 15.2. The quantitative estimate of drug-likeness (QED) is 0.404. The van der Waals surface area contributed by atoms with Crippen molar-refractivity contribution >= 4 is 40.5 Å². The van der Waals surface area contributed by atoms with Crippen molar-refractivity contribution in [1.29, 1.82) is 0 Å². The predicted octanol–water partition coefficient (Wildman–Crippen LogP) is 3.26. The second-order valence-corrected chi connectivity index (χ2v) is 7.80. The van der Waals surface area contributed by atoms with Gasteiger partial charge in [0.05, 0.1) is 22.9 Å². The Bertz CT molecular complexity index is 1360. The summed E-state index contributed by atoms with van der Waals surface area (Å²) >= 11 is 6.05. The minimum absolute atomic E-state index is 0.264. The standard InChI is InChI=1S/C21H19ClN6O4/c1-10-8-14(24-19-16(10)25-26-28(19)3)23-17(11-4-6-12(22)7-5-11)18-15(21(31)32)13(20(29)30)9-27(18)2/h4-9,17H,1-3H3,(H,23,24)(H,29,30)(H,31,32). The van der Waals surface area contributed by atoms with Crippen molar-refractivity contribution in [2.24, 2.45) is 14.1 Å². The number of hydrogen-bond acceptors (Lipinski definition) is 6. The van der Waals surface area contributed by atoms with E-state index in [0.29, 0.717) is 27.6 Å². The summed E-state index contributed by atoms with van der Waals surface area (Å²) in [5.41, 5.74) is 2.38. The number of carboxylic acids is 2. The van der Waals surface area contributed by atoms with Gasteiger partial charge in [0, 0.05) is 25.3 Å². The highest BCUT2D eigenvalue weighted by molar-refractivity contribution is 6.30. The van der Waals surface area contributed by atoms with Crippen LogP contribution in [-0.4, -0.2) is 46.7 Å². The van der Waals surface area contributed by atoms with E-state index in [1.54, 1.807) is 49.1 Å². The largest absolute Gasteiger partial charge is 0.478 e. The fraction of sp³-hybridized carbons (Fsp3) is 0.190. The SMILES string of the molecule is Cc1cc(NC(c2ccc(Cl)cc2)c2c(C(=O)O)c(C(=O)O)cn2C)nc2c1nnn2C. The molecule has 0 saturated carbocycles. The van der Waals surface area contributed by atoms with Gasteiger partial charge in [0.15, 0.2) is 5.65 Å². The summed E-state index contributed by atoms with van der Waals surface area (Å²) in [6, 6.07) is 7.90. The van der Waals surface area contributed by atoms with Crippen LogP contribution in [0, 0.1) is 6.92 Å². The Balaban J connectivity index is 1.92. The number of aryl methyl sites for hydroxylation is 3. The van der Waals surface area contributed by atoms with E-state index < -0.39 is 18.0 Å². The molecule has 0 amide bonds. The zero-order valence-corrected chi connectivity index (χ0v) is 18.1. The van der Waals surface area contributed by atoms with Gasteiger partial charge in [-0.2, -0.15) is 0 Å². The Labute approximate surface area is 187 Å². The van der Waals surface area contributed by atoms with Gasteiger partial charge in [0.2, 0.25) is 0 Å². The smallest absolute Gasteiger partial charge is 0.338 e. The molecule has 3 heterocycles. The third-order valence-corrected chi connectivity index (χ3v) is 5.44. The molecule has 0 aliphatic rings. The Morgan fingerprint density at radius 1 is 1.12 bits per heavy atom. The average molecular weight is 455 g/mol. The van der Waals surface area contributed by atoms with E-state index >= 15 is 0 Å². The zero-order valence-electron chi connectivity index (χ0n) is 17.4. The van der Waals surface area contributed by atoms with Gasteiger partial charge in [-0.05, 0) is 36.2 Å². The van der Waals surface area contributed by atoms with Gasteiger partial charge in [-0.25, -0.2) is 19.3 Å². The molecule has 0 radical (unpaired) electrons. The van der Waals surface area contributed by atoms with Crippen LogP contribution < -0.4 is 5.32 Å². The molecule has 0 saturated heterocycles. The maximum Gasteiger partial charge on any atom is 0.338 e. The molecule has 0 fully saturated rings. The van der Waals surface area contributed by atoms with Crippen molar-refractivity contribution in [1.82, 2.24) is 24.5 Å². The Kier molecular flexibility index (Phi) is 5.31. The molecule has 4 aromatic rings. The Hall–Kier alpha value is -3.92. The van der Waals surface area contributed by atoms with Crippen molar-refractivity contribution in [3.8, 4) is 0 Å². The lowest BCUT2D eigenvalue weighted by Crippen LogP contribution is -2.20. The molecule has 1 unspecified atom stereocenters. The molecule has 11 heteroatoms. The van der Waals surface area contributed by atoms with Crippen LogP contribution in [0.2, 0.25) is 5.02 Å². The highest BCUT2D eigenvalue weighted by Crippen LogP contribution is 2.33. The van der Waals surface area contributed by atoms with Crippen LogP contribution in [0.1, 0.15) is 43.6 Å². The molecule has 3 N–H and O–H groups in total. The van der Waals surface area contributed by atoms with E-state index in [1.165, 1.54) is 10.8 Å². The summed E-state index contributed by atoms with van der Waals surface area (Å²) in [6.07, 6.45) is 1.29. The van der Waals surface area contributed by atoms with Crippen molar-refractivity contribution in [2.45, 2.75) is 13.0 Å². The number of aromatic carboxylic acids is 2. The minimum Gasteiger partial charge on any atom is -0.478 e. The van der Waals surface area contributed by atoms with Gasteiger partial charge >= 0.3 is 11.9 Å². The first kappa shape index (κ1) is 21.3. The lowest BCUT2D eigenvalue weighted by atomic mass is 9.98. The molecule has 0 aliphatic heterocycles. The third-order valence-electron chi connectivity index (χ3n) is 5.19. The molecule has 1 aromatic carbocycles.